The van der Waals surface area contributed by atoms with Crippen molar-refractivity contribution in [3.05, 3.63) is 6.42 Å². The van der Waals surface area contributed by atoms with Crippen LogP contribution in [0.25, 0.3) is 0 Å². The maximum Gasteiger partial charge on any atom is 0.0769 e. The van der Waals surface area contributed by atoms with Crippen LogP contribution in [0.15, 0.2) is 0 Å². The molecule has 2 heteroatoms. The van der Waals surface area contributed by atoms with E-state index in [-0.39, 0.29) is 0 Å². The van der Waals surface area contributed by atoms with Crippen LogP contribution in [0.5, 0.6) is 0 Å². The largest absolute Gasteiger partial charge is 0.389 e. The average Bonchev–Trinajstić information content (AvgIpc) is 1.90. The zero-order chi connectivity index (χ0) is 6.74. The molecule has 0 unspecified atom stereocenters. The van der Waals surface area contributed by atoms with E-state index in [2.05, 4.69) is 6.42 Å². The fourth-order valence-electron chi connectivity index (χ4n) is 1.21. The SMILES string of the molecule is NCC1(O)CC[CH]CC1. The first-order valence-corrected chi connectivity index (χ1v) is 3.51. The highest BCUT2D eigenvalue weighted by atomic mass is 16.3. The molecule has 1 aliphatic carbocycles. The fourth-order valence-corrected chi connectivity index (χ4v) is 1.21. The van der Waals surface area contributed by atoms with Crippen LogP contribution in [0.2, 0.25) is 0 Å². The van der Waals surface area contributed by atoms with Crippen LogP contribution in [0.4, 0.5) is 0 Å². The van der Waals surface area contributed by atoms with Gasteiger partial charge < -0.3 is 10.8 Å². The fraction of sp³-hybridized carbons (Fsp3) is 0.857. The first-order valence-electron chi connectivity index (χ1n) is 3.51. The number of nitrogens with two attached hydrogens (primary N) is 1. The van der Waals surface area contributed by atoms with E-state index in [4.69, 9.17) is 5.73 Å². The molecule has 1 fully saturated rings. The molecule has 1 saturated carbocycles. The maximum absolute atomic E-state index is 9.54. The molecule has 0 amide bonds. The highest BCUT2D eigenvalue weighted by Gasteiger charge is 2.26. The molecular weight excluding hydrogens is 114 g/mol. The predicted molar refractivity (Wildman–Crippen MR) is 36.8 cm³/mol. The quantitative estimate of drug-likeness (QED) is 0.538. The van der Waals surface area contributed by atoms with Crippen LogP contribution in [-0.2, 0) is 0 Å². The Bertz CT molecular complexity index is 86.9. The van der Waals surface area contributed by atoms with Crippen LogP contribution in [0, 0.1) is 6.42 Å². The summed E-state index contributed by atoms with van der Waals surface area (Å²) in [4.78, 5) is 0. The number of hydrogen-bond donors (Lipinski definition) is 2. The minimum Gasteiger partial charge on any atom is -0.389 e. The second-order valence-electron chi connectivity index (χ2n) is 2.79. The predicted octanol–water partition coefficient (Wildman–Crippen LogP) is 0.454. The molecule has 0 aromatic heterocycles. The van der Waals surface area contributed by atoms with Crippen molar-refractivity contribution < 1.29 is 5.11 Å². The van der Waals surface area contributed by atoms with Crippen molar-refractivity contribution in [3.63, 3.8) is 0 Å². The Morgan fingerprint density at radius 1 is 1.44 bits per heavy atom. The van der Waals surface area contributed by atoms with E-state index in [9.17, 15) is 5.11 Å². The van der Waals surface area contributed by atoms with Crippen LogP contribution >= 0.6 is 0 Å². The summed E-state index contributed by atoms with van der Waals surface area (Å²) in [6, 6.07) is 0. The van der Waals surface area contributed by atoms with Crippen molar-refractivity contribution in [2.24, 2.45) is 5.73 Å². The molecule has 0 atom stereocenters. The van der Waals surface area contributed by atoms with E-state index in [1.54, 1.807) is 0 Å². The van der Waals surface area contributed by atoms with E-state index in [0.717, 1.165) is 25.7 Å². The minimum atomic E-state index is -0.533. The molecular formula is C7H14NO. The van der Waals surface area contributed by atoms with Crippen molar-refractivity contribution in [3.8, 4) is 0 Å². The van der Waals surface area contributed by atoms with Gasteiger partial charge in [-0.1, -0.05) is 0 Å². The smallest absolute Gasteiger partial charge is 0.0769 e. The summed E-state index contributed by atoms with van der Waals surface area (Å²) < 4.78 is 0. The second kappa shape index (κ2) is 2.67. The summed E-state index contributed by atoms with van der Waals surface area (Å²) >= 11 is 0. The molecule has 0 bridgehead atoms. The summed E-state index contributed by atoms with van der Waals surface area (Å²) in [5.74, 6) is 0. The normalized spacial score (nSPS) is 26.0. The third-order valence-electron chi connectivity index (χ3n) is 2.01. The van der Waals surface area contributed by atoms with Gasteiger partial charge >= 0.3 is 0 Å². The summed E-state index contributed by atoms with van der Waals surface area (Å²) in [6.07, 6.45) is 5.96. The lowest BCUT2D eigenvalue weighted by Gasteiger charge is -2.30. The first kappa shape index (κ1) is 7.03. The zero-order valence-electron chi connectivity index (χ0n) is 5.64. The van der Waals surface area contributed by atoms with Gasteiger partial charge in [0, 0.05) is 6.54 Å². The van der Waals surface area contributed by atoms with Crippen molar-refractivity contribution >= 4 is 0 Å². The number of rotatable bonds is 1. The van der Waals surface area contributed by atoms with Crippen molar-refractivity contribution in [2.45, 2.75) is 31.3 Å². The molecule has 1 rings (SSSR count). The maximum atomic E-state index is 9.54. The standard InChI is InChI=1S/C7H14NO/c8-6-7(9)4-2-1-3-5-7/h1,9H,2-6,8H2. The summed E-state index contributed by atoms with van der Waals surface area (Å²) in [5.41, 5.74) is 4.84. The Balaban J connectivity index is 2.37. The Morgan fingerprint density at radius 3 is 2.33 bits per heavy atom. The Kier molecular flexibility index (Phi) is 2.09. The molecule has 1 aliphatic rings. The Hall–Kier alpha value is -0.0800. The lowest BCUT2D eigenvalue weighted by atomic mass is 9.85. The highest BCUT2D eigenvalue weighted by molar-refractivity contribution is 4.88. The van der Waals surface area contributed by atoms with E-state index < -0.39 is 5.60 Å². The van der Waals surface area contributed by atoms with Crippen LogP contribution < -0.4 is 5.73 Å². The van der Waals surface area contributed by atoms with Crippen LogP contribution in [-0.4, -0.2) is 17.3 Å². The molecule has 1 radical (unpaired) electrons. The van der Waals surface area contributed by atoms with E-state index >= 15 is 0 Å². The van der Waals surface area contributed by atoms with Gasteiger partial charge in [-0.15, -0.1) is 0 Å². The first-order chi connectivity index (χ1) is 4.27. The van der Waals surface area contributed by atoms with Gasteiger partial charge in [0.15, 0.2) is 0 Å². The molecule has 53 valence electrons. The van der Waals surface area contributed by atoms with Gasteiger partial charge in [0.1, 0.15) is 0 Å². The van der Waals surface area contributed by atoms with Gasteiger partial charge in [0.25, 0.3) is 0 Å². The lowest BCUT2D eigenvalue weighted by Crippen LogP contribution is -2.39. The molecule has 0 spiro atoms. The molecule has 9 heavy (non-hydrogen) atoms. The van der Waals surface area contributed by atoms with E-state index in [0.29, 0.717) is 6.54 Å². The topological polar surface area (TPSA) is 46.2 Å². The third kappa shape index (κ3) is 1.66. The second-order valence-corrected chi connectivity index (χ2v) is 2.79. The molecule has 0 saturated heterocycles. The van der Waals surface area contributed by atoms with Crippen molar-refractivity contribution in [1.29, 1.82) is 0 Å². The minimum absolute atomic E-state index is 0.418. The summed E-state index contributed by atoms with van der Waals surface area (Å²) in [5, 5.41) is 9.54. The molecule has 0 heterocycles. The highest BCUT2D eigenvalue weighted by Crippen LogP contribution is 2.25. The molecule has 0 aliphatic heterocycles. The molecule has 3 N–H and O–H groups in total. The van der Waals surface area contributed by atoms with Crippen molar-refractivity contribution in [2.75, 3.05) is 6.54 Å². The van der Waals surface area contributed by atoms with Crippen molar-refractivity contribution in [1.82, 2.24) is 0 Å². The van der Waals surface area contributed by atoms with Gasteiger partial charge in [0.2, 0.25) is 0 Å². The van der Waals surface area contributed by atoms with Crippen LogP contribution in [0.1, 0.15) is 25.7 Å². The van der Waals surface area contributed by atoms with E-state index in [1.807, 2.05) is 0 Å². The monoisotopic (exact) mass is 128 g/mol. The molecule has 0 aromatic rings. The molecule has 2 nitrogen and oxygen atoms in total. The van der Waals surface area contributed by atoms with Gasteiger partial charge in [-0.3, -0.25) is 0 Å². The van der Waals surface area contributed by atoms with Gasteiger partial charge in [0.05, 0.1) is 5.60 Å². The summed E-state index contributed by atoms with van der Waals surface area (Å²) in [7, 11) is 0. The number of hydrogen-bond acceptors (Lipinski definition) is 2. The summed E-state index contributed by atoms with van der Waals surface area (Å²) in [6.45, 7) is 0.418. The lowest BCUT2D eigenvalue weighted by molar-refractivity contribution is 0.0217. The van der Waals surface area contributed by atoms with Crippen LogP contribution in [0.3, 0.4) is 0 Å². The average molecular weight is 128 g/mol. The van der Waals surface area contributed by atoms with Gasteiger partial charge in [-0.2, -0.15) is 0 Å². The Labute approximate surface area is 56.1 Å². The molecule has 0 aromatic carbocycles. The van der Waals surface area contributed by atoms with Gasteiger partial charge in [-0.05, 0) is 32.1 Å². The Morgan fingerprint density at radius 2 is 2.00 bits per heavy atom. The van der Waals surface area contributed by atoms with E-state index in [1.165, 1.54) is 0 Å². The third-order valence-corrected chi connectivity index (χ3v) is 2.01. The van der Waals surface area contributed by atoms with Gasteiger partial charge in [-0.25, -0.2) is 0 Å². The zero-order valence-corrected chi connectivity index (χ0v) is 5.64. The number of aliphatic hydroxyl groups is 1.